The summed E-state index contributed by atoms with van der Waals surface area (Å²) in [5, 5.41) is 2.93. The molecule has 134 valence electrons. The number of rotatable bonds is 3. The lowest BCUT2D eigenvalue weighted by Crippen LogP contribution is -2.45. The van der Waals surface area contributed by atoms with E-state index in [2.05, 4.69) is 20.3 Å². The van der Waals surface area contributed by atoms with Gasteiger partial charge in [-0.15, -0.1) is 0 Å². The molecule has 0 spiro atoms. The van der Waals surface area contributed by atoms with Gasteiger partial charge in [0.2, 0.25) is 5.95 Å². The van der Waals surface area contributed by atoms with Crippen molar-refractivity contribution in [3.8, 4) is 0 Å². The van der Waals surface area contributed by atoms with Crippen molar-refractivity contribution in [2.24, 2.45) is 7.05 Å². The Balaban J connectivity index is 1.74. The first-order chi connectivity index (χ1) is 11.8. The van der Waals surface area contributed by atoms with Crippen molar-refractivity contribution in [1.29, 1.82) is 0 Å². The van der Waals surface area contributed by atoms with Gasteiger partial charge >= 0.3 is 6.18 Å². The topological polar surface area (TPSA) is 75.9 Å². The lowest BCUT2D eigenvalue weighted by molar-refractivity contribution is -0.141. The molecule has 2 aromatic rings. The van der Waals surface area contributed by atoms with Gasteiger partial charge in [0.15, 0.2) is 5.82 Å². The highest BCUT2D eigenvalue weighted by atomic mass is 19.4. The molecular formula is C15H17F3N6O. The van der Waals surface area contributed by atoms with Crippen LogP contribution in [0, 0.1) is 0 Å². The molecule has 0 saturated carbocycles. The second kappa shape index (κ2) is 6.69. The molecule has 1 atom stereocenters. The molecule has 1 aliphatic heterocycles. The number of hydrogen-bond donors (Lipinski definition) is 1. The highest BCUT2D eigenvalue weighted by Gasteiger charge is 2.33. The first kappa shape index (κ1) is 17.2. The number of hydrogen-bond acceptors (Lipinski definition) is 6. The molecule has 1 saturated heterocycles. The van der Waals surface area contributed by atoms with Crippen molar-refractivity contribution < 1.29 is 13.2 Å². The summed E-state index contributed by atoms with van der Waals surface area (Å²) in [5.74, 6) is 0.261. The van der Waals surface area contributed by atoms with E-state index in [1.807, 2.05) is 4.90 Å². The minimum Gasteiger partial charge on any atom is -0.350 e. The van der Waals surface area contributed by atoms with Crippen molar-refractivity contribution in [3.63, 3.8) is 0 Å². The highest BCUT2D eigenvalue weighted by Crippen LogP contribution is 2.27. The van der Waals surface area contributed by atoms with E-state index < -0.39 is 11.9 Å². The molecule has 0 aromatic carbocycles. The number of aromatic nitrogens is 4. The van der Waals surface area contributed by atoms with Gasteiger partial charge in [0.05, 0.1) is 0 Å². The average molecular weight is 354 g/mol. The molecule has 0 unspecified atom stereocenters. The molecule has 0 bridgehead atoms. The Bertz CT molecular complexity index is 806. The van der Waals surface area contributed by atoms with Crippen LogP contribution in [0.2, 0.25) is 0 Å². The van der Waals surface area contributed by atoms with E-state index in [4.69, 9.17) is 0 Å². The van der Waals surface area contributed by atoms with Crippen LogP contribution in [0.1, 0.15) is 18.5 Å². The molecule has 0 amide bonds. The molecule has 2 aromatic heterocycles. The molecule has 10 heteroatoms. The van der Waals surface area contributed by atoms with Crippen molar-refractivity contribution in [2.45, 2.75) is 25.1 Å². The number of nitrogens with one attached hydrogen (secondary N) is 1. The molecule has 25 heavy (non-hydrogen) atoms. The first-order valence-corrected chi connectivity index (χ1v) is 7.78. The summed E-state index contributed by atoms with van der Waals surface area (Å²) < 4.78 is 39.7. The van der Waals surface area contributed by atoms with E-state index in [-0.39, 0.29) is 17.5 Å². The monoisotopic (exact) mass is 354 g/mol. The molecule has 0 aliphatic carbocycles. The van der Waals surface area contributed by atoms with Gasteiger partial charge in [-0.2, -0.15) is 13.2 Å². The first-order valence-electron chi connectivity index (χ1n) is 7.78. The van der Waals surface area contributed by atoms with E-state index in [0.717, 1.165) is 25.1 Å². The smallest absolute Gasteiger partial charge is 0.350 e. The van der Waals surface area contributed by atoms with Gasteiger partial charge in [-0.05, 0) is 18.9 Å². The van der Waals surface area contributed by atoms with Crippen molar-refractivity contribution in [1.82, 2.24) is 19.5 Å². The lowest BCUT2D eigenvalue weighted by Gasteiger charge is -2.33. The van der Waals surface area contributed by atoms with Crippen LogP contribution >= 0.6 is 0 Å². The Labute approximate surface area is 141 Å². The Hall–Kier alpha value is -2.65. The van der Waals surface area contributed by atoms with E-state index in [9.17, 15) is 18.0 Å². The minimum absolute atomic E-state index is 0.0735. The van der Waals surface area contributed by atoms with Crippen molar-refractivity contribution >= 4 is 11.8 Å². The quantitative estimate of drug-likeness (QED) is 0.904. The standard InChI is InChI=1S/C15H17F3N6O/c1-23-8-6-19-12(13(23)25)24-7-2-3-10(9-24)21-14-20-5-4-11(22-14)15(16,17)18/h4-6,8,10H,2-3,7,9H2,1H3,(H,20,21,22)/t10-/m0/s1. The summed E-state index contributed by atoms with van der Waals surface area (Å²) in [7, 11) is 1.64. The van der Waals surface area contributed by atoms with Crippen LogP contribution in [0.5, 0.6) is 0 Å². The average Bonchev–Trinajstić information content (AvgIpc) is 2.57. The van der Waals surface area contributed by atoms with Crippen molar-refractivity contribution in [2.75, 3.05) is 23.3 Å². The third-order valence-corrected chi connectivity index (χ3v) is 4.00. The summed E-state index contributed by atoms with van der Waals surface area (Å²) in [4.78, 5) is 25.5. The van der Waals surface area contributed by atoms with Gasteiger partial charge in [0.1, 0.15) is 5.69 Å². The maximum absolute atomic E-state index is 12.7. The second-order valence-electron chi connectivity index (χ2n) is 5.86. The van der Waals surface area contributed by atoms with Gasteiger partial charge in [-0.1, -0.05) is 0 Å². The SMILES string of the molecule is Cn1ccnc(N2CCC[C@H](Nc3nccc(C(F)(F)F)n3)C2)c1=O. The van der Waals surface area contributed by atoms with Crippen LogP contribution in [-0.4, -0.2) is 38.7 Å². The second-order valence-corrected chi connectivity index (χ2v) is 5.86. The Morgan fingerprint density at radius 2 is 2.08 bits per heavy atom. The predicted molar refractivity (Wildman–Crippen MR) is 85.4 cm³/mol. The number of alkyl halides is 3. The Morgan fingerprint density at radius 3 is 2.84 bits per heavy atom. The number of aryl methyl sites for hydroxylation is 1. The fourth-order valence-electron chi connectivity index (χ4n) is 2.76. The molecule has 1 N–H and O–H groups in total. The fourth-order valence-corrected chi connectivity index (χ4v) is 2.76. The number of nitrogens with zero attached hydrogens (tertiary/aromatic N) is 5. The van der Waals surface area contributed by atoms with Crippen LogP contribution in [0.4, 0.5) is 24.9 Å². The molecule has 0 radical (unpaired) electrons. The zero-order valence-corrected chi connectivity index (χ0v) is 13.5. The minimum atomic E-state index is -4.52. The summed E-state index contributed by atoms with van der Waals surface area (Å²) in [6.07, 6.45) is 1.19. The molecule has 7 nitrogen and oxygen atoms in total. The predicted octanol–water partition coefficient (Wildman–Crippen LogP) is 1.67. The van der Waals surface area contributed by atoms with Gasteiger partial charge in [-0.25, -0.2) is 15.0 Å². The maximum Gasteiger partial charge on any atom is 0.433 e. The zero-order valence-electron chi connectivity index (χ0n) is 13.5. The van der Waals surface area contributed by atoms with Crippen LogP contribution in [0.15, 0.2) is 29.5 Å². The van der Waals surface area contributed by atoms with E-state index >= 15 is 0 Å². The van der Waals surface area contributed by atoms with Crippen LogP contribution in [0.3, 0.4) is 0 Å². The largest absolute Gasteiger partial charge is 0.433 e. The molecule has 3 heterocycles. The summed E-state index contributed by atoms with van der Waals surface area (Å²) >= 11 is 0. The fraction of sp³-hybridized carbons (Fsp3) is 0.467. The van der Waals surface area contributed by atoms with Crippen LogP contribution in [-0.2, 0) is 13.2 Å². The third kappa shape index (κ3) is 3.89. The normalized spacial score (nSPS) is 18.2. The maximum atomic E-state index is 12.7. The highest BCUT2D eigenvalue weighted by molar-refractivity contribution is 5.38. The van der Waals surface area contributed by atoms with Gasteiger partial charge in [0.25, 0.3) is 5.56 Å². The molecular weight excluding hydrogens is 337 g/mol. The summed E-state index contributed by atoms with van der Waals surface area (Å²) in [6, 6.07) is 0.652. The van der Waals surface area contributed by atoms with Crippen LogP contribution < -0.4 is 15.8 Å². The Morgan fingerprint density at radius 1 is 1.28 bits per heavy atom. The van der Waals surface area contributed by atoms with Gasteiger partial charge in [0, 0.05) is 44.8 Å². The number of anilines is 2. The van der Waals surface area contributed by atoms with E-state index in [0.29, 0.717) is 18.9 Å². The van der Waals surface area contributed by atoms with Gasteiger partial charge in [-0.3, -0.25) is 4.79 Å². The van der Waals surface area contributed by atoms with Gasteiger partial charge < -0.3 is 14.8 Å². The third-order valence-electron chi connectivity index (χ3n) is 4.00. The number of piperidine rings is 1. The molecule has 1 fully saturated rings. The van der Waals surface area contributed by atoms with E-state index in [1.54, 1.807) is 19.4 Å². The summed E-state index contributed by atoms with van der Waals surface area (Å²) in [6.45, 7) is 1.10. The van der Waals surface area contributed by atoms with E-state index in [1.165, 1.54) is 4.57 Å². The molecule has 3 rings (SSSR count). The summed E-state index contributed by atoms with van der Waals surface area (Å²) in [5.41, 5.74) is -1.20. The van der Waals surface area contributed by atoms with Crippen molar-refractivity contribution in [3.05, 3.63) is 40.7 Å². The van der Waals surface area contributed by atoms with Crippen LogP contribution in [0.25, 0.3) is 0 Å². The zero-order chi connectivity index (χ0) is 18.0. The number of halogens is 3. The molecule has 1 aliphatic rings. The Kier molecular flexibility index (Phi) is 4.60. The lowest BCUT2D eigenvalue weighted by atomic mass is 10.1.